The highest BCUT2D eigenvalue weighted by molar-refractivity contribution is 6.25. The van der Waals surface area contributed by atoms with Crippen molar-refractivity contribution >= 4 is 55.4 Å². The van der Waals surface area contributed by atoms with Crippen LogP contribution in [0.25, 0.3) is 77.6 Å². The summed E-state index contributed by atoms with van der Waals surface area (Å²) in [4.78, 5) is 0. The normalized spacial score (nSPS) is 21.5. The fraction of sp³-hybridized carbons (Fsp3) is 0.148. The molecule has 0 bridgehead atoms. The molecule has 7 aromatic rings. The molecule has 0 amide bonds. The van der Waals surface area contributed by atoms with Crippen LogP contribution < -0.4 is 0 Å². The van der Waals surface area contributed by atoms with E-state index in [2.05, 4.69) is 150 Å². The van der Waals surface area contributed by atoms with Gasteiger partial charge in [0.15, 0.2) is 0 Å². The maximum atomic E-state index is 2.55. The average molecular weight is 700 g/mol. The lowest BCUT2D eigenvalue weighted by molar-refractivity contribution is 0.782. The highest BCUT2D eigenvalue weighted by Crippen LogP contribution is 2.73. The molecule has 1 aromatic heterocycles. The summed E-state index contributed by atoms with van der Waals surface area (Å²) in [7, 11) is 0. The molecule has 2 atom stereocenters. The lowest BCUT2D eigenvalue weighted by atomic mass is 9.58. The number of hydrogen-bond acceptors (Lipinski definition) is 0. The van der Waals surface area contributed by atoms with Crippen LogP contribution in [0.5, 0.6) is 0 Å². The van der Waals surface area contributed by atoms with Crippen LogP contribution in [-0.4, -0.2) is 4.57 Å². The Labute approximate surface area is 320 Å². The Bertz CT molecular complexity index is 3200. The van der Waals surface area contributed by atoms with E-state index in [1.54, 1.807) is 27.8 Å². The van der Waals surface area contributed by atoms with E-state index in [4.69, 9.17) is 0 Å². The van der Waals surface area contributed by atoms with Crippen LogP contribution in [0.4, 0.5) is 0 Å². The fourth-order valence-corrected chi connectivity index (χ4v) is 12.5. The lowest BCUT2D eigenvalue weighted by Crippen LogP contribution is -2.32. The van der Waals surface area contributed by atoms with Gasteiger partial charge in [0.2, 0.25) is 0 Å². The molecule has 7 aliphatic rings. The summed E-state index contributed by atoms with van der Waals surface area (Å²) in [6, 6.07) is 40.5. The van der Waals surface area contributed by atoms with Crippen molar-refractivity contribution in [1.29, 1.82) is 0 Å². The van der Waals surface area contributed by atoms with Crippen LogP contribution in [0.2, 0.25) is 0 Å². The first-order valence-corrected chi connectivity index (χ1v) is 20.4. The van der Waals surface area contributed by atoms with Crippen molar-refractivity contribution in [2.75, 3.05) is 0 Å². The molecule has 1 heteroatoms. The van der Waals surface area contributed by atoms with Gasteiger partial charge >= 0.3 is 0 Å². The Balaban J connectivity index is 1.08. The van der Waals surface area contributed by atoms with Gasteiger partial charge in [0, 0.05) is 34.3 Å². The van der Waals surface area contributed by atoms with Crippen molar-refractivity contribution in [2.45, 2.75) is 50.0 Å². The molecule has 1 spiro atoms. The third-order valence-electron chi connectivity index (χ3n) is 14.4. The molecule has 0 radical (unpaired) electrons. The van der Waals surface area contributed by atoms with Gasteiger partial charge in [-0.3, -0.25) is 0 Å². The maximum Gasteiger partial charge on any atom is 0.0731 e. The number of fused-ring (bicyclic) bond motifs is 8. The third-order valence-corrected chi connectivity index (χ3v) is 14.4. The summed E-state index contributed by atoms with van der Waals surface area (Å²) in [5.74, 6) is 0.338. The number of aromatic nitrogens is 1. The molecule has 7 aliphatic carbocycles. The molecule has 0 aliphatic heterocycles. The van der Waals surface area contributed by atoms with Gasteiger partial charge < -0.3 is 4.57 Å². The smallest absolute Gasteiger partial charge is 0.0731 e. The number of para-hydroxylation sites is 1. The average Bonchev–Trinajstić information content (AvgIpc) is 3.85. The van der Waals surface area contributed by atoms with Crippen LogP contribution in [0, 0.1) is 0 Å². The van der Waals surface area contributed by atoms with Crippen LogP contribution >= 0.6 is 0 Å². The molecule has 6 aromatic carbocycles. The van der Waals surface area contributed by atoms with Crippen LogP contribution in [0.1, 0.15) is 77.0 Å². The summed E-state index contributed by atoms with van der Waals surface area (Å²) >= 11 is 0. The summed E-state index contributed by atoms with van der Waals surface area (Å²) in [6.45, 7) is 0.936. The number of hydrogen-bond donors (Lipinski definition) is 0. The fourth-order valence-electron chi connectivity index (χ4n) is 12.5. The van der Waals surface area contributed by atoms with Crippen molar-refractivity contribution in [3.8, 4) is 22.3 Å². The molecule has 0 saturated carbocycles. The Morgan fingerprint density at radius 2 is 1.53 bits per heavy atom. The largest absolute Gasteiger partial charge is 0.336 e. The molecule has 55 heavy (non-hydrogen) atoms. The van der Waals surface area contributed by atoms with E-state index in [0.717, 1.165) is 38.6 Å². The van der Waals surface area contributed by atoms with E-state index < -0.39 is 0 Å². The standard InChI is InChI=1S/C54H37N/c1-2-12-31(13-3-1)30-55-46-23-9-6-16-35(46)43-28-32(24-27-47(43)55)42-29-33-14-10-20-41-48(33)50-37(42)26-25-36-39-19-11-18-38-34-15-4-7-21-44(34)54(52(38)39)45-22-8-5-17-40(45)49(41)53(54)51(36)50/h1-2,5-12,14,16-19,21-29,41H,3-4,13,15,20,30H2. The molecular weight excluding hydrogens is 663 g/mol. The van der Waals surface area contributed by atoms with E-state index >= 15 is 0 Å². The Kier molecular flexibility index (Phi) is 5.37. The van der Waals surface area contributed by atoms with Crippen molar-refractivity contribution in [3.05, 3.63) is 190 Å². The molecular formula is C54H37N. The highest BCUT2D eigenvalue weighted by Gasteiger charge is 2.59. The Morgan fingerprint density at radius 1 is 0.655 bits per heavy atom. The van der Waals surface area contributed by atoms with Gasteiger partial charge in [0.25, 0.3) is 0 Å². The predicted octanol–water partition coefficient (Wildman–Crippen LogP) is 13.7. The topological polar surface area (TPSA) is 4.93 Å². The maximum absolute atomic E-state index is 2.55. The van der Waals surface area contributed by atoms with Crippen molar-refractivity contribution in [1.82, 2.24) is 4.57 Å². The molecule has 0 N–H and O–H groups in total. The van der Waals surface area contributed by atoms with Crippen molar-refractivity contribution in [2.24, 2.45) is 0 Å². The summed E-state index contributed by atoms with van der Waals surface area (Å²) in [5.41, 5.74) is 26.1. The van der Waals surface area contributed by atoms with Crippen LogP contribution in [-0.2, 0) is 12.0 Å². The number of nitrogens with zero attached hydrogens (tertiary/aromatic N) is 1. The second-order valence-electron chi connectivity index (χ2n) is 16.8. The van der Waals surface area contributed by atoms with Gasteiger partial charge in [0.05, 0.1) is 5.41 Å². The minimum Gasteiger partial charge on any atom is -0.336 e. The number of benzene rings is 6. The number of allylic oxidation sites excluding steroid dienone is 11. The first-order valence-electron chi connectivity index (χ1n) is 20.4. The van der Waals surface area contributed by atoms with Gasteiger partial charge in [-0.15, -0.1) is 0 Å². The van der Waals surface area contributed by atoms with E-state index in [1.165, 1.54) is 93.8 Å². The van der Waals surface area contributed by atoms with Gasteiger partial charge in [0.1, 0.15) is 0 Å². The SMILES string of the molecule is C1=CCCC(Cn2c3ccccc3c3cc(-c4cc5c6c7c8c(ccc47)-c4cccc7c4C4(C9=C7CCC=C9)C8=C(c7ccccc74)C6CC=C5)ccc32)=C1. The van der Waals surface area contributed by atoms with Gasteiger partial charge in [-0.2, -0.15) is 0 Å². The second-order valence-corrected chi connectivity index (χ2v) is 16.8. The van der Waals surface area contributed by atoms with Crippen molar-refractivity contribution in [3.63, 3.8) is 0 Å². The summed E-state index contributed by atoms with van der Waals surface area (Å²) in [5, 5.41) is 5.57. The minimum atomic E-state index is -0.259. The molecule has 0 fully saturated rings. The molecule has 1 heterocycles. The van der Waals surface area contributed by atoms with E-state index in [0.29, 0.717) is 5.92 Å². The van der Waals surface area contributed by atoms with Crippen molar-refractivity contribution < 1.29 is 0 Å². The summed E-state index contributed by atoms with van der Waals surface area (Å²) < 4.78 is 2.55. The first kappa shape index (κ1) is 29.2. The molecule has 0 saturated heterocycles. The quantitative estimate of drug-likeness (QED) is 0.173. The van der Waals surface area contributed by atoms with E-state index in [-0.39, 0.29) is 5.41 Å². The predicted molar refractivity (Wildman–Crippen MR) is 230 cm³/mol. The third kappa shape index (κ3) is 3.36. The Morgan fingerprint density at radius 3 is 2.49 bits per heavy atom. The zero-order valence-electron chi connectivity index (χ0n) is 30.6. The minimum absolute atomic E-state index is 0.259. The number of rotatable bonds is 3. The zero-order valence-corrected chi connectivity index (χ0v) is 30.6. The van der Waals surface area contributed by atoms with Gasteiger partial charge in [-0.05, 0) is 151 Å². The second kappa shape index (κ2) is 10.1. The lowest BCUT2D eigenvalue weighted by Gasteiger charge is -2.43. The molecule has 14 rings (SSSR count). The molecule has 1 nitrogen and oxygen atoms in total. The van der Waals surface area contributed by atoms with Gasteiger partial charge in [-0.1, -0.05) is 127 Å². The molecule has 258 valence electrons. The molecule has 2 unspecified atom stereocenters. The first-order chi connectivity index (χ1) is 27.3. The van der Waals surface area contributed by atoms with E-state index in [1.807, 2.05) is 0 Å². The Hall–Kier alpha value is -6.18. The van der Waals surface area contributed by atoms with Crippen LogP contribution in [0.15, 0.2) is 151 Å². The van der Waals surface area contributed by atoms with Gasteiger partial charge in [-0.25, -0.2) is 0 Å². The monoisotopic (exact) mass is 699 g/mol. The highest BCUT2D eigenvalue weighted by atomic mass is 15.0. The summed E-state index contributed by atoms with van der Waals surface area (Å²) in [6.07, 6.45) is 22.2. The zero-order chi connectivity index (χ0) is 35.6. The van der Waals surface area contributed by atoms with E-state index in [9.17, 15) is 0 Å². The van der Waals surface area contributed by atoms with Crippen LogP contribution in [0.3, 0.4) is 0 Å².